The summed E-state index contributed by atoms with van der Waals surface area (Å²) in [7, 11) is 0. The highest BCUT2D eigenvalue weighted by Crippen LogP contribution is 2.08. The van der Waals surface area contributed by atoms with Gasteiger partial charge >= 0.3 is 5.97 Å². The minimum atomic E-state index is -0.109. The maximum atomic E-state index is 11.6. The topological polar surface area (TPSA) is 54.0 Å². The zero-order valence-electron chi connectivity index (χ0n) is 18.0. The number of ether oxygens (including phenoxy) is 4. The molecule has 0 saturated heterocycles. The molecule has 0 atom stereocenters. The summed E-state index contributed by atoms with van der Waals surface area (Å²) in [6.07, 6.45) is 13.4. The van der Waals surface area contributed by atoms with Crippen molar-refractivity contribution in [3.63, 3.8) is 0 Å². The summed E-state index contributed by atoms with van der Waals surface area (Å²) in [6, 6.07) is 0. The summed E-state index contributed by atoms with van der Waals surface area (Å²) in [4.78, 5) is 11.6. The smallest absolute Gasteiger partial charge is 0.305 e. The van der Waals surface area contributed by atoms with Crippen molar-refractivity contribution in [3.05, 3.63) is 0 Å². The number of esters is 1. The van der Waals surface area contributed by atoms with Gasteiger partial charge in [-0.2, -0.15) is 0 Å². The zero-order chi connectivity index (χ0) is 19.8. The Morgan fingerprint density at radius 2 is 1.00 bits per heavy atom. The van der Waals surface area contributed by atoms with E-state index in [1.54, 1.807) is 0 Å². The van der Waals surface area contributed by atoms with Crippen molar-refractivity contribution >= 4 is 5.97 Å². The molecule has 0 aromatic rings. The standard InChI is InChI=1S/C22H44O5/c1-3-5-7-8-9-10-11-12-17-27-22(23)14-13-16-25-19-21-26-20-18-24-15-6-4-2/h3-21H2,1-2H3. The first-order valence-electron chi connectivity index (χ1n) is 11.2. The molecule has 5 nitrogen and oxygen atoms in total. The third-order valence-corrected chi connectivity index (χ3v) is 4.32. The van der Waals surface area contributed by atoms with Gasteiger partial charge in [0.25, 0.3) is 0 Å². The Kier molecular flexibility index (Phi) is 22.8. The van der Waals surface area contributed by atoms with E-state index in [4.69, 9.17) is 18.9 Å². The van der Waals surface area contributed by atoms with E-state index in [9.17, 15) is 4.79 Å². The molecule has 0 radical (unpaired) electrons. The van der Waals surface area contributed by atoms with Crippen molar-refractivity contribution in [2.45, 2.75) is 90.9 Å². The van der Waals surface area contributed by atoms with Gasteiger partial charge < -0.3 is 18.9 Å². The van der Waals surface area contributed by atoms with E-state index in [0.717, 1.165) is 32.3 Å². The molecule has 0 amide bonds. The average molecular weight is 389 g/mol. The van der Waals surface area contributed by atoms with Gasteiger partial charge in [-0.3, -0.25) is 4.79 Å². The largest absolute Gasteiger partial charge is 0.466 e. The Balaban J connectivity index is 3.13. The van der Waals surface area contributed by atoms with Gasteiger partial charge in [-0.1, -0.05) is 65.2 Å². The number of hydrogen-bond donors (Lipinski definition) is 0. The monoisotopic (exact) mass is 388 g/mol. The minimum absolute atomic E-state index is 0.109. The summed E-state index contributed by atoms with van der Waals surface area (Å²) in [5, 5.41) is 0. The molecule has 0 aliphatic carbocycles. The van der Waals surface area contributed by atoms with Crippen LogP contribution in [0.15, 0.2) is 0 Å². The molecule has 27 heavy (non-hydrogen) atoms. The van der Waals surface area contributed by atoms with E-state index in [2.05, 4.69) is 13.8 Å². The fraction of sp³-hybridized carbons (Fsp3) is 0.955. The van der Waals surface area contributed by atoms with Crippen LogP contribution in [0.4, 0.5) is 0 Å². The Morgan fingerprint density at radius 3 is 1.59 bits per heavy atom. The molecular formula is C22H44O5. The Morgan fingerprint density at radius 1 is 0.519 bits per heavy atom. The Bertz CT molecular complexity index is 296. The van der Waals surface area contributed by atoms with Gasteiger partial charge in [-0.15, -0.1) is 0 Å². The number of hydrogen-bond acceptors (Lipinski definition) is 5. The molecule has 0 fully saturated rings. The Hall–Kier alpha value is -0.650. The fourth-order valence-electron chi connectivity index (χ4n) is 2.60. The first kappa shape index (κ1) is 26.4. The van der Waals surface area contributed by atoms with Gasteiger partial charge in [0.1, 0.15) is 0 Å². The number of carbonyl (C=O) groups excluding carboxylic acids is 1. The van der Waals surface area contributed by atoms with Gasteiger partial charge in [0.2, 0.25) is 0 Å². The second kappa shape index (κ2) is 23.4. The minimum Gasteiger partial charge on any atom is -0.466 e. The van der Waals surface area contributed by atoms with Crippen LogP contribution in [0.3, 0.4) is 0 Å². The lowest BCUT2D eigenvalue weighted by Crippen LogP contribution is -2.11. The average Bonchev–Trinajstić information content (AvgIpc) is 2.67. The highest BCUT2D eigenvalue weighted by atomic mass is 16.5. The van der Waals surface area contributed by atoms with Crippen LogP contribution >= 0.6 is 0 Å². The molecule has 0 N–H and O–H groups in total. The van der Waals surface area contributed by atoms with Crippen molar-refractivity contribution in [2.24, 2.45) is 0 Å². The fourth-order valence-corrected chi connectivity index (χ4v) is 2.60. The first-order chi connectivity index (χ1) is 13.3. The molecule has 0 rings (SSSR count). The van der Waals surface area contributed by atoms with Crippen LogP contribution in [0, 0.1) is 0 Å². The van der Waals surface area contributed by atoms with Crippen LogP contribution in [0.1, 0.15) is 90.9 Å². The number of rotatable bonds is 22. The predicted molar refractivity (Wildman–Crippen MR) is 110 cm³/mol. The van der Waals surface area contributed by atoms with Gasteiger partial charge in [-0.25, -0.2) is 0 Å². The van der Waals surface area contributed by atoms with Crippen molar-refractivity contribution in [1.82, 2.24) is 0 Å². The van der Waals surface area contributed by atoms with Gasteiger partial charge in [0.05, 0.1) is 33.0 Å². The molecule has 0 saturated carbocycles. The molecule has 0 aromatic carbocycles. The molecule has 0 aliphatic rings. The van der Waals surface area contributed by atoms with E-state index in [-0.39, 0.29) is 5.97 Å². The lowest BCUT2D eigenvalue weighted by molar-refractivity contribution is -0.144. The van der Waals surface area contributed by atoms with E-state index in [0.29, 0.717) is 52.5 Å². The molecule has 0 heterocycles. The summed E-state index contributed by atoms with van der Waals surface area (Å²) < 4.78 is 21.5. The van der Waals surface area contributed by atoms with Crippen LogP contribution in [-0.2, 0) is 23.7 Å². The van der Waals surface area contributed by atoms with Crippen LogP contribution in [-0.4, -0.2) is 52.2 Å². The molecule has 0 aliphatic heterocycles. The van der Waals surface area contributed by atoms with Gasteiger partial charge in [-0.05, 0) is 19.3 Å². The van der Waals surface area contributed by atoms with Crippen molar-refractivity contribution in [3.8, 4) is 0 Å². The normalized spacial score (nSPS) is 11.0. The highest BCUT2D eigenvalue weighted by molar-refractivity contribution is 5.69. The second-order valence-corrected chi connectivity index (χ2v) is 6.99. The van der Waals surface area contributed by atoms with Crippen LogP contribution < -0.4 is 0 Å². The number of carbonyl (C=O) groups is 1. The maximum Gasteiger partial charge on any atom is 0.305 e. The molecule has 0 unspecified atom stereocenters. The van der Waals surface area contributed by atoms with Crippen LogP contribution in [0.5, 0.6) is 0 Å². The van der Waals surface area contributed by atoms with E-state index in [1.165, 1.54) is 38.5 Å². The molecule has 5 heteroatoms. The predicted octanol–water partition coefficient (Wildman–Crippen LogP) is 5.30. The van der Waals surface area contributed by atoms with Gasteiger partial charge in [0, 0.05) is 19.6 Å². The van der Waals surface area contributed by atoms with Crippen molar-refractivity contribution in [1.29, 1.82) is 0 Å². The molecule has 0 aromatic heterocycles. The van der Waals surface area contributed by atoms with E-state index >= 15 is 0 Å². The third kappa shape index (κ3) is 23.3. The van der Waals surface area contributed by atoms with Crippen molar-refractivity contribution < 1.29 is 23.7 Å². The van der Waals surface area contributed by atoms with Crippen molar-refractivity contribution in [2.75, 3.05) is 46.2 Å². The quantitative estimate of drug-likeness (QED) is 0.186. The third-order valence-electron chi connectivity index (χ3n) is 4.32. The van der Waals surface area contributed by atoms with E-state index < -0.39 is 0 Å². The van der Waals surface area contributed by atoms with Crippen LogP contribution in [0.25, 0.3) is 0 Å². The highest BCUT2D eigenvalue weighted by Gasteiger charge is 2.02. The summed E-state index contributed by atoms with van der Waals surface area (Å²) in [5.74, 6) is -0.109. The lowest BCUT2D eigenvalue weighted by atomic mass is 10.1. The molecule has 0 bridgehead atoms. The van der Waals surface area contributed by atoms with Crippen LogP contribution in [0.2, 0.25) is 0 Å². The SMILES string of the molecule is CCCCCCCCCCOC(=O)CCCOCCOCCOCCCC. The number of unbranched alkanes of at least 4 members (excludes halogenated alkanes) is 8. The molecular weight excluding hydrogens is 344 g/mol. The molecule has 162 valence electrons. The Labute approximate surface area is 167 Å². The summed E-state index contributed by atoms with van der Waals surface area (Å²) >= 11 is 0. The lowest BCUT2D eigenvalue weighted by Gasteiger charge is -2.07. The van der Waals surface area contributed by atoms with E-state index in [1.807, 2.05) is 0 Å². The zero-order valence-corrected chi connectivity index (χ0v) is 18.0. The molecule has 0 spiro atoms. The first-order valence-corrected chi connectivity index (χ1v) is 11.2. The summed E-state index contributed by atoms with van der Waals surface area (Å²) in [6.45, 7) is 8.71. The maximum absolute atomic E-state index is 11.6. The summed E-state index contributed by atoms with van der Waals surface area (Å²) in [5.41, 5.74) is 0. The second-order valence-electron chi connectivity index (χ2n) is 6.99. The van der Waals surface area contributed by atoms with Gasteiger partial charge in [0.15, 0.2) is 0 Å².